The molecule has 0 aromatic carbocycles. The van der Waals surface area contributed by atoms with Crippen LogP contribution >= 0.6 is 0 Å². The van der Waals surface area contributed by atoms with Gasteiger partial charge in [0.25, 0.3) is 0 Å². The lowest BCUT2D eigenvalue weighted by Crippen LogP contribution is -2.54. The summed E-state index contributed by atoms with van der Waals surface area (Å²) < 4.78 is 24.4. The van der Waals surface area contributed by atoms with E-state index in [1.54, 1.807) is 0 Å². The molecule has 2 heterocycles. The van der Waals surface area contributed by atoms with Crippen LogP contribution in [0.25, 0.3) is 0 Å². The highest BCUT2D eigenvalue weighted by Gasteiger charge is 2.65. The van der Waals surface area contributed by atoms with Crippen LogP contribution in [0, 0.1) is 17.9 Å². The maximum atomic E-state index is 6.15. The van der Waals surface area contributed by atoms with Crippen LogP contribution in [-0.2, 0) is 18.6 Å². The zero-order chi connectivity index (χ0) is 17.1. The molecule has 0 spiro atoms. The van der Waals surface area contributed by atoms with Crippen LogP contribution in [0.15, 0.2) is 0 Å². The first-order valence-electron chi connectivity index (χ1n) is 8.45. The van der Waals surface area contributed by atoms with E-state index < -0.39 is 36.5 Å². The molecule has 3 fully saturated rings. The number of nitrogens with one attached hydrogen (secondary N) is 1. The maximum Gasteiger partial charge on any atom is 0.490 e. The third-order valence-electron chi connectivity index (χ3n) is 5.56. The molecule has 0 bridgehead atoms. The molecule has 1 unspecified atom stereocenters. The third-order valence-corrected chi connectivity index (χ3v) is 5.56. The number of hydrogen-bond donors (Lipinski definition) is 1. The predicted octanol–water partition coefficient (Wildman–Crippen LogP) is 2.15. The Balaban J connectivity index is 1.71. The molecule has 2 aliphatic heterocycles. The Morgan fingerprint density at radius 2 is 1.26 bits per heavy atom. The van der Waals surface area contributed by atoms with Crippen molar-refractivity contribution in [1.29, 1.82) is 0 Å². The highest BCUT2D eigenvalue weighted by Crippen LogP contribution is 2.42. The zero-order valence-corrected chi connectivity index (χ0v) is 15.3. The van der Waals surface area contributed by atoms with Crippen LogP contribution in [0.1, 0.15) is 61.3 Å². The molecule has 3 rings (SSSR count). The highest BCUT2D eigenvalue weighted by molar-refractivity contribution is 7.11. The molecule has 3 aliphatic rings. The summed E-state index contributed by atoms with van der Waals surface area (Å²) in [5, 5.41) is 3.20. The first-order valence-corrected chi connectivity index (χ1v) is 8.45. The van der Waals surface area contributed by atoms with Crippen LogP contribution < -0.4 is 5.32 Å². The van der Waals surface area contributed by atoms with Crippen molar-refractivity contribution in [3.05, 3.63) is 0 Å². The fourth-order valence-corrected chi connectivity index (χ4v) is 2.58. The van der Waals surface area contributed by atoms with Crippen molar-refractivity contribution in [3.8, 4) is 12.0 Å². The van der Waals surface area contributed by atoms with E-state index in [0.29, 0.717) is 5.92 Å². The average molecular weight is 319 g/mol. The fourth-order valence-electron chi connectivity index (χ4n) is 2.58. The van der Waals surface area contributed by atoms with E-state index in [2.05, 4.69) is 17.3 Å². The quantitative estimate of drug-likeness (QED) is 0.480. The topological polar surface area (TPSA) is 49.0 Å². The van der Waals surface area contributed by atoms with E-state index in [0.717, 1.165) is 0 Å². The van der Waals surface area contributed by atoms with Crippen LogP contribution in [0.2, 0.25) is 0 Å². The lowest BCUT2D eigenvalue weighted by atomic mass is 9.49. The van der Waals surface area contributed by atoms with E-state index in [9.17, 15) is 0 Å². The number of rotatable bonds is 2. The van der Waals surface area contributed by atoms with E-state index in [1.165, 1.54) is 12.8 Å². The average Bonchev–Trinajstić information content (AvgIpc) is 3.11. The Morgan fingerprint density at radius 3 is 1.78 bits per heavy atom. The summed E-state index contributed by atoms with van der Waals surface area (Å²) in [6.07, 6.45) is 2.39. The molecule has 0 radical (unpaired) electrons. The van der Waals surface area contributed by atoms with Gasteiger partial charge in [-0.15, -0.1) is 0 Å². The van der Waals surface area contributed by atoms with Crippen molar-refractivity contribution in [3.63, 3.8) is 0 Å². The van der Waals surface area contributed by atoms with Crippen molar-refractivity contribution in [2.75, 3.05) is 0 Å². The lowest BCUT2D eigenvalue weighted by molar-refractivity contribution is -0.0234. The second kappa shape index (κ2) is 5.16. The lowest BCUT2D eigenvalue weighted by Gasteiger charge is -2.35. The Labute approximate surface area is 140 Å². The molecule has 126 valence electrons. The summed E-state index contributed by atoms with van der Waals surface area (Å²) >= 11 is 0. The molecule has 1 saturated carbocycles. The van der Waals surface area contributed by atoms with Crippen LogP contribution in [0.4, 0.5) is 0 Å². The molecule has 0 aromatic heterocycles. The molecule has 5 nitrogen and oxygen atoms in total. The Kier molecular flexibility index (Phi) is 3.85. The van der Waals surface area contributed by atoms with Gasteiger partial charge in [-0.3, -0.25) is 0 Å². The van der Waals surface area contributed by atoms with E-state index in [-0.39, 0.29) is 0 Å². The Morgan fingerprint density at radius 1 is 0.783 bits per heavy atom. The molecule has 0 aromatic rings. The summed E-state index contributed by atoms with van der Waals surface area (Å²) in [5.74, 6) is 3.74. The second-order valence-corrected chi connectivity index (χ2v) is 8.44. The normalized spacial score (nSPS) is 34.2. The molecular weight excluding hydrogens is 292 g/mol. The van der Waals surface area contributed by atoms with Gasteiger partial charge in [0.1, 0.15) is 0 Å². The smallest absolute Gasteiger partial charge is 0.405 e. The fraction of sp³-hybridized carbons (Fsp3) is 0.875. The summed E-state index contributed by atoms with van der Waals surface area (Å²) in [5.41, 5.74) is -2.10. The second-order valence-electron chi connectivity index (χ2n) is 8.44. The van der Waals surface area contributed by atoms with Gasteiger partial charge in [0.15, 0.2) is 5.72 Å². The molecule has 1 atom stereocenters. The first-order chi connectivity index (χ1) is 10.5. The standard InChI is InChI=1S/C16H27B2NO4/c1-13(2)14(3,4)21-17(20-13)18-22-15(5,6)16(7,23-18)19-11-10-12-8-9-12/h12,19H,8-9H2,1-7H3. The van der Waals surface area contributed by atoms with Gasteiger partial charge in [0, 0.05) is 12.0 Å². The van der Waals surface area contributed by atoms with Crippen LogP contribution in [-0.4, -0.2) is 36.5 Å². The Hall–Kier alpha value is -0.670. The minimum absolute atomic E-state index is 0.410. The molecular formula is C16H27B2NO4. The van der Waals surface area contributed by atoms with Crippen molar-refractivity contribution in [2.45, 2.75) is 83.8 Å². The predicted molar refractivity (Wildman–Crippen MR) is 90.1 cm³/mol. The molecule has 0 amide bonds. The van der Waals surface area contributed by atoms with Gasteiger partial charge in [0.05, 0.1) is 16.8 Å². The van der Waals surface area contributed by atoms with Gasteiger partial charge in [-0.05, 0) is 61.3 Å². The third kappa shape index (κ3) is 3.02. The Bertz CT molecular complexity index is 534. The minimum atomic E-state index is -0.719. The summed E-state index contributed by atoms with van der Waals surface area (Å²) in [6.45, 7) is 14.0. The zero-order valence-electron chi connectivity index (χ0n) is 15.3. The van der Waals surface area contributed by atoms with Crippen molar-refractivity contribution in [2.24, 2.45) is 5.92 Å². The van der Waals surface area contributed by atoms with Crippen molar-refractivity contribution < 1.29 is 18.6 Å². The SMILES string of the molecule is CC1(C)OB(B2OC(C)(C)C(C)(NC#CC3CC3)O2)OC1(C)C. The van der Waals surface area contributed by atoms with E-state index in [4.69, 9.17) is 18.6 Å². The minimum Gasteiger partial charge on any atom is -0.405 e. The van der Waals surface area contributed by atoms with Crippen LogP contribution in [0.3, 0.4) is 0 Å². The van der Waals surface area contributed by atoms with E-state index in [1.807, 2.05) is 48.5 Å². The first kappa shape index (κ1) is 17.2. The van der Waals surface area contributed by atoms with Crippen LogP contribution in [0.5, 0.6) is 0 Å². The number of hydrogen-bond acceptors (Lipinski definition) is 5. The van der Waals surface area contributed by atoms with Crippen molar-refractivity contribution >= 4 is 14.0 Å². The highest BCUT2D eigenvalue weighted by atomic mass is 16.7. The summed E-state index contributed by atoms with van der Waals surface area (Å²) in [7, 11) is -1.15. The van der Waals surface area contributed by atoms with Gasteiger partial charge in [0.2, 0.25) is 0 Å². The molecule has 23 heavy (non-hydrogen) atoms. The molecule has 1 N–H and O–H groups in total. The van der Waals surface area contributed by atoms with Crippen molar-refractivity contribution in [1.82, 2.24) is 5.32 Å². The molecule has 7 heteroatoms. The van der Waals surface area contributed by atoms with Gasteiger partial charge >= 0.3 is 14.0 Å². The molecule has 1 aliphatic carbocycles. The van der Waals surface area contributed by atoms with Gasteiger partial charge in [-0.1, -0.05) is 5.92 Å². The largest absolute Gasteiger partial charge is 0.490 e. The van der Waals surface area contributed by atoms with Gasteiger partial charge < -0.3 is 23.9 Å². The monoisotopic (exact) mass is 319 g/mol. The summed E-state index contributed by atoms with van der Waals surface area (Å²) in [6, 6.07) is 3.04. The molecule has 2 saturated heterocycles. The van der Waals surface area contributed by atoms with Gasteiger partial charge in [-0.25, -0.2) is 0 Å². The van der Waals surface area contributed by atoms with E-state index >= 15 is 0 Å². The summed E-state index contributed by atoms with van der Waals surface area (Å²) in [4.78, 5) is 0. The maximum absolute atomic E-state index is 6.15. The van der Waals surface area contributed by atoms with Gasteiger partial charge in [-0.2, -0.15) is 0 Å².